The summed E-state index contributed by atoms with van der Waals surface area (Å²) in [6, 6.07) is 3.37. The van der Waals surface area contributed by atoms with Gasteiger partial charge in [0, 0.05) is 30.3 Å². The van der Waals surface area contributed by atoms with Gasteiger partial charge in [-0.15, -0.1) is 5.10 Å². The van der Waals surface area contributed by atoms with Crippen molar-refractivity contribution in [3.8, 4) is 11.5 Å². The van der Waals surface area contributed by atoms with Crippen LogP contribution in [0, 0.1) is 17.7 Å². The van der Waals surface area contributed by atoms with E-state index in [0.29, 0.717) is 41.6 Å². The highest BCUT2D eigenvalue weighted by atomic mass is 19.1. The average Bonchev–Trinajstić information content (AvgIpc) is 3.14. The van der Waals surface area contributed by atoms with Crippen LogP contribution in [-0.2, 0) is 4.84 Å². The molecular weight excluding hydrogens is 377 g/mol. The molecule has 1 saturated heterocycles. The van der Waals surface area contributed by atoms with E-state index < -0.39 is 11.6 Å². The van der Waals surface area contributed by atoms with Crippen LogP contribution >= 0.6 is 0 Å². The van der Waals surface area contributed by atoms with E-state index in [1.807, 2.05) is 6.07 Å². The van der Waals surface area contributed by atoms with E-state index in [1.165, 1.54) is 13.2 Å². The number of benzene rings is 1. The summed E-state index contributed by atoms with van der Waals surface area (Å²) in [5.74, 6) is -0.0354. The molecule has 8 nitrogen and oxygen atoms in total. The lowest BCUT2D eigenvalue weighted by Crippen LogP contribution is -2.49. The highest BCUT2D eigenvalue weighted by molar-refractivity contribution is 6.07. The molecule has 0 saturated carbocycles. The Kier molecular flexibility index (Phi) is 5.40. The monoisotopic (exact) mass is 403 g/mol. The standard InChI is InChI=1S/C20H26FN5O3/c1-11-10-22-6-4-14(11)12(2)26-7-5-16(25-28-3)18-15(21)8-13(9-17(18)26)19-23-24-20(27)29-19/h8-9,11-12,14,22H,4-7,10H2,1-3H3,(H,24,27)/b25-16+/t11-,12?,14+/m1/s1. The molecule has 29 heavy (non-hydrogen) atoms. The Morgan fingerprint density at radius 3 is 2.97 bits per heavy atom. The third kappa shape index (κ3) is 3.66. The van der Waals surface area contributed by atoms with E-state index in [1.54, 1.807) is 0 Å². The van der Waals surface area contributed by atoms with Crippen molar-refractivity contribution < 1.29 is 13.6 Å². The number of fused-ring (bicyclic) bond motifs is 1. The van der Waals surface area contributed by atoms with E-state index in [0.717, 1.165) is 25.2 Å². The van der Waals surface area contributed by atoms with E-state index in [-0.39, 0.29) is 11.9 Å². The molecule has 9 heteroatoms. The van der Waals surface area contributed by atoms with Gasteiger partial charge in [0.25, 0.3) is 0 Å². The van der Waals surface area contributed by atoms with Crippen LogP contribution in [0.1, 0.15) is 32.3 Å². The first-order valence-corrected chi connectivity index (χ1v) is 9.96. The molecule has 2 aliphatic heterocycles. The molecule has 2 N–H and O–H groups in total. The van der Waals surface area contributed by atoms with Crippen LogP contribution in [0.15, 0.2) is 26.5 Å². The minimum Gasteiger partial charge on any atom is -0.399 e. The Morgan fingerprint density at radius 1 is 1.45 bits per heavy atom. The van der Waals surface area contributed by atoms with Crippen molar-refractivity contribution in [1.29, 1.82) is 0 Å². The molecule has 0 bridgehead atoms. The van der Waals surface area contributed by atoms with Crippen molar-refractivity contribution >= 4 is 11.4 Å². The number of hydrogen-bond donors (Lipinski definition) is 2. The van der Waals surface area contributed by atoms with Crippen LogP contribution in [0.3, 0.4) is 0 Å². The molecule has 2 aliphatic rings. The molecule has 156 valence electrons. The SMILES string of the molecule is CO/N=C1\CCN(C(C)[C@H]2CCNC[C@H]2C)c2cc(-c3n[nH]c(=O)o3)cc(F)c21. The Labute approximate surface area is 168 Å². The number of rotatable bonds is 4. The Bertz CT molecular complexity index is 969. The third-order valence-electron chi connectivity index (χ3n) is 6.11. The molecule has 0 aliphatic carbocycles. The summed E-state index contributed by atoms with van der Waals surface area (Å²) in [7, 11) is 1.46. The second-order valence-electron chi connectivity index (χ2n) is 7.81. The second-order valence-corrected chi connectivity index (χ2v) is 7.81. The number of aromatic amines is 1. The van der Waals surface area contributed by atoms with Gasteiger partial charge in [0.1, 0.15) is 12.9 Å². The first-order chi connectivity index (χ1) is 14.0. The summed E-state index contributed by atoms with van der Waals surface area (Å²) in [5, 5.41) is 13.6. The van der Waals surface area contributed by atoms with Crippen molar-refractivity contribution in [3.05, 3.63) is 34.1 Å². The van der Waals surface area contributed by atoms with Crippen molar-refractivity contribution in [3.63, 3.8) is 0 Å². The van der Waals surface area contributed by atoms with Crippen LogP contribution in [0.2, 0.25) is 0 Å². The van der Waals surface area contributed by atoms with E-state index in [9.17, 15) is 4.79 Å². The predicted octanol–water partition coefficient (Wildman–Crippen LogP) is 2.36. The topological polar surface area (TPSA) is 95.7 Å². The van der Waals surface area contributed by atoms with Gasteiger partial charge in [-0.2, -0.15) is 0 Å². The van der Waals surface area contributed by atoms with Gasteiger partial charge in [-0.25, -0.2) is 14.3 Å². The second kappa shape index (κ2) is 7.98. The summed E-state index contributed by atoms with van der Waals surface area (Å²) < 4.78 is 20.3. The van der Waals surface area contributed by atoms with Crippen LogP contribution in [-0.4, -0.2) is 48.7 Å². The fraction of sp³-hybridized carbons (Fsp3) is 0.550. The summed E-state index contributed by atoms with van der Waals surface area (Å²) in [4.78, 5) is 18.6. The quantitative estimate of drug-likeness (QED) is 0.761. The van der Waals surface area contributed by atoms with Gasteiger partial charge in [0.15, 0.2) is 0 Å². The van der Waals surface area contributed by atoms with Crippen LogP contribution in [0.25, 0.3) is 11.5 Å². The lowest BCUT2D eigenvalue weighted by molar-refractivity contribution is 0.212. The van der Waals surface area contributed by atoms with Crippen molar-refractivity contribution in [2.45, 2.75) is 32.7 Å². The number of piperidine rings is 1. The summed E-state index contributed by atoms with van der Waals surface area (Å²) >= 11 is 0. The maximum absolute atomic E-state index is 15.2. The molecule has 4 rings (SSSR count). The zero-order valence-electron chi connectivity index (χ0n) is 16.9. The molecule has 1 aromatic heterocycles. The van der Waals surface area contributed by atoms with Crippen molar-refractivity contribution in [2.24, 2.45) is 17.0 Å². The molecular formula is C20H26FN5O3. The molecule has 2 aromatic rings. The number of oxime groups is 1. The van der Waals surface area contributed by atoms with Crippen LogP contribution in [0.5, 0.6) is 0 Å². The minimum absolute atomic E-state index is 0.0651. The zero-order valence-corrected chi connectivity index (χ0v) is 16.9. The lowest BCUT2D eigenvalue weighted by atomic mass is 9.81. The average molecular weight is 403 g/mol. The smallest absolute Gasteiger partial charge is 0.399 e. The summed E-state index contributed by atoms with van der Waals surface area (Å²) in [5.41, 5.74) is 2.16. The normalized spacial score (nSPS) is 24.4. The van der Waals surface area contributed by atoms with Gasteiger partial charge in [-0.3, -0.25) is 0 Å². The highest BCUT2D eigenvalue weighted by Crippen LogP contribution is 2.38. The molecule has 1 unspecified atom stereocenters. The van der Waals surface area contributed by atoms with Crippen molar-refractivity contribution in [1.82, 2.24) is 15.5 Å². The number of nitrogens with zero attached hydrogens (tertiary/aromatic N) is 3. The first-order valence-electron chi connectivity index (χ1n) is 9.96. The molecule has 1 aromatic carbocycles. The zero-order chi connectivity index (χ0) is 20.5. The molecule has 3 heterocycles. The Hall–Kier alpha value is -2.68. The van der Waals surface area contributed by atoms with E-state index in [4.69, 9.17) is 9.25 Å². The van der Waals surface area contributed by atoms with E-state index in [2.05, 4.69) is 39.4 Å². The van der Waals surface area contributed by atoms with Crippen molar-refractivity contribution in [2.75, 3.05) is 31.6 Å². The fourth-order valence-electron chi connectivity index (χ4n) is 4.66. The van der Waals surface area contributed by atoms with Crippen LogP contribution < -0.4 is 16.0 Å². The fourth-order valence-corrected chi connectivity index (χ4v) is 4.66. The molecule has 3 atom stereocenters. The largest absolute Gasteiger partial charge is 0.434 e. The summed E-state index contributed by atoms with van der Waals surface area (Å²) in [6.45, 7) is 7.14. The predicted molar refractivity (Wildman–Crippen MR) is 108 cm³/mol. The maximum atomic E-state index is 15.2. The van der Waals surface area contributed by atoms with Gasteiger partial charge in [-0.05, 0) is 50.4 Å². The number of hydrogen-bond acceptors (Lipinski definition) is 7. The van der Waals surface area contributed by atoms with Gasteiger partial charge >= 0.3 is 5.76 Å². The molecule has 0 radical (unpaired) electrons. The Balaban J connectivity index is 1.80. The van der Waals surface area contributed by atoms with Gasteiger partial charge in [0.2, 0.25) is 5.89 Å². The third-order valence-corrected chi connectivity index (χ3v) is 6.11. The highest BCUT2D eigenvalue weighted by Gasteiger charge is 2.35. The number of halogens is 1. The van der Waals surface area contributed by atoms with E-state index >= 15 is 4.39 Å². The van der Waals surface area contributed by atoms with Gasteiger partial charge < -0.3 is 19.5 Å². The molecule has 0 amide bonds. The van der Waals surface area contributed by atoms with Gasteiger partial charge in [0.05, 0.1) is 11.3 Å². The Morgan fingerprint density at radius 2 is 2.28 bits per heavy atom. The number of anilines is 1. The van der Waals surface area contributed by atoms with Crippen LogP contribution in [0.4, 0.5) is 10.1 Å². The molecule has 0 spiro atoms. The number of H-pyrrole nitrogens is 1. The number of nitrogens with one attached hydrogen (secondary N) is 2. The summed E-state index contributed by atoms with van der Waals surface area (Å²) in [6.07, 6.45) is 1.67. The molecule has 1 fully saturated rings. The lowest BCUT2D eigenvalue weighted by Gasteiger charge is -2.43. The first kappa shape index (κ1) is 19.6. The van der Waals surface area contributed by atoms with Gasteiger partial charge in [-0.1, -0.05) is 12.1 Å². The minimum atomic E-state index is -0.673. The number of aromatic nitrogens is 2. The maximum Gasteiger partial charge on any atom is 0.434 e.